The second-order valence-corrected chi connectivity index (χ2v) is 8.18. The molecule has 156 valence electrons. The number of nitrogens with zero attached hydrogens (tertiary/aromatic N) is 5. The summed E-state index contributed by atoms with van der Waals surface area (Å²) >= 11 is 0. The molecule has 3 aliphatic heterocycles. The molecule has 0 N–H and O–H groups in total. The molecule has 0 aliphatic carbocycles. The van der Waals surface area contributed by atoms with Gasteiger partial charge in [-0.2, -0.15) is 0 Å². The molecule has 3 heterocycles. The Bertz CT molecular complexity index is 752. The molecule has 0 saturated carbocycles. The molecule has 3 aliphatic rings. The van der Waals surface area contributed by atoms with E-state index < -0.39 is 0 Å². The molecule has 4 rings (SSSR count). The molecule has 8 heteroatoms. The summed E-state index contributed by atoms with van der Waals surface area (Å²) in [7, 11) is 2.14. The van der Waals surface area contributed by atoms with Crippen molar-refractivity contribution in [2.45, 2.75) is 6.42 Å². The van der Waals surface area contributed by atoms with E-state index in [0.717, 1.165) is 38.3 Å². The number of likely N-dealkylation sites (N-methyl/N-ethyl adjacent to an activating group) is 1. The van der Waals surface area contributed by atoms with Crippen molar-refractivity contribution in [3.63, 3.8) is 0 Å². The van der Waals surface area contributed by atoms with Crippen molar-refractivity contribution in [3.8, 4) is 0 Å². The minimum atomic E-state index is -0.303. The van der Waals surface area contributed by atoms with Gasteiger partial charge in [0, 0.05) is 76.7 Å². The molecule has 3 saturated heterocycles. The van der Waals surface area contributed by atoms with Gasteiger partial charge in [0.15, 0.2) is 0 Å². The normalized spacial score (nSPS) is 23.6. The Morgan fingerprint density at radius 3 is 2.17 bits per heavy atom. The largest absolute Gasteiger partial charge is 0.369 e. The molecular weight excluding hydrogens is 370 g/mol. The molecule has 1 aromatic carbocycles. The van der Waals surface area contributed by atoms with Gasteiger partial charge in [-0.15, -0.1) is 0 Å². The topological polar surface area (TPSA) is 67.4 Å². The van der Waals surface area contributed by atoms with Gasteiger partial charge in [-0.3, -0.25) is 14.4 Å². The zero-order valence-electron chi connectivity index (χ0n) is 17.0. The quantitative estimate of drug-likeness (QED) is 0.672. The molecule has 0 aromatic heterocycles. The Kier molecular flexibility index (Phi) is 5.71. The third-order valence-corrected chi connectivity index (χ3v) is 6.28. The molecule has 1 unspecified atom stereocenters. The van der Waals surface area contributed by atoms with E-state index >= 15 is 0 Å². The van der Waals surface area contributed by atoms with Crippen LogP contribution in [0.5, 0.6) is 0 Å². The van der Waals surface area contributed by atoms with Crippen LogP contribution in [0.25, 0.3) is 0 Å². The predicted molar refractivity (Wildman–Crippen MR) is 111 cm³/mol. The Morgan fingerprint density at radius 1 is 0.931 bits per heavy atom. The van der Waals surface area contributed by atoms with Gasteiger partial charge in [0.05, 0.1) is 5.92 Å². The third kappa shape index (κ3) is 4.22. The van der Waals surface area contributed by atoms with Crippen molar-refractivity contribution in [2.24, 2.45) is 5.92 Å². The van der Waals surface area contributed by atoms with Crippen molar-refractivity contribution in [1.82, 2.24) is 14.7 Å². The summed E-state index contributed by atoms with van der Waals surface area (Å²) in [6.07, 6.45) is 1.08. The zero-order valence-corrected chi connectivity index (χ0v) is 17.0. The highest BCUT2D eigenvalue weighted by Crippen LogP contribution is 2.28. The monoisotopic (exact) mass is 399 g/mol. The van der Waals surface area contributed by atoms with Crippen molar-refractivity contribution in [2.75, 3.05) is 75.8 Å². The average molecular weight is 399 g/mol. The molecule has 29 heavy (non-hydrogen) atoms. The number of amides is 3. The number of carbonyl (C=O) groups excluding carboxylic acids is 3. The number of anilines is 2. The summed E-state index contributed by atoms with van der Waals surface area (Å²) in [6, 6.07) is 8.12. The van der Waals surface area contributed by atoms with Crippen molar-refractivity contribution in [1.29, 1.82) is 0 Å². The Labute approximate surface area is 171 Å². The van der Waals surface area contributed by atoms with Gasteiger partial charge in [0.2, 0.25) is 18.2 Å². The van der Waals surface area contributed by atoms with Crippen LogP contribution in [0.3, 0.4) is 0 Å². The number of hydrogen-bond donors (Lipinski definition) is 0. The van der Waals surface area contributed by atoms with Crippen LogP contribution in [0.1, 0.15) is 6.42 Å². The van der Waals surface area contributed by atoms with Crippen LogP contribution < -0.4 is 9.80 Å². The van der Waals surface area contributed by atoms with Crippen LogP contribution >= 0.6 is 0 Å². The van der Waals surface area contributed by atoms with Crippen LogP contribution in [0.2, 0.25) is 0 Å². The lowest BCUT2D eigenvalue weighted by Crippen LogP contribution is -2.50. The average Bonchev–Trinajstić information content (AvgIpc) is 3.15. The number of carbonyl (C=O) groups is 3. The van der Waals surface area contributed by atoms with Crippen LogP contribution in [-0.2, 0) is 14.4 Å². The second-order valence-electron chi connectivity index (χ2n) is 8.18. The first-order valence-corrected chi connectivity index (χ1v) is 10.4. The Morgan fingerprint density at radius 2 is 1.55 bits per heavy atom. The summed E-state index contributed by atoms with van der Waals surface area (Å²) in [5, 5.41) is 0. The molecule has 3 fully saturated rings. The van der Waals surface area contributed by atoms with Gasteiger partial charge in [0.25, 0.3) is 0 Å². The molecule has 0 radical (unpaired) electrons. The summed E-state index contributed by atoms with van der Waals surface area (Å²) in [5.41, 5.74) is 2.03. The first-order valence-electron chi connectivity index (χ1n) is 10.4. The van der Waals surface area contributed by atoms with E-state index in [0.29, 0.717) is 32.7 Å². The molecule has 0 spiro atoms. The van der Waals surface area contributed by atoms with Crippen LogP contribution in [0, 0.1) is 5.92 Å². The first kappa shape index (κ1) is 19.7. The fourth-order valence-electron chi connectivity index (χ4n) is 4.34. The van der Waals surface area contributed by atoms with E-state index in [2.05, 4.69) is 29.0 Å². The smallest absolute Gasteiger partial charge is 0.228 e. The number of benzene rings is 1. The Balaban J connectivity index is 1.36. The molecule has 3 amide bonds. The maximum Gasteiger partial charge on any atom is 0.228 e. The number of hydrogen-bond acceptors (Lipinski definition) is 5. The van der Waals surface area contributed by atoms with Crippen molar-refractivity contribution >= 4 is 29.6 Å². The molecular formula is C21H29N5O3. The fraction of sp³-hybridized carbons (Fsp3) is 0.571. The lowest BCUT2D eigenvalue weighted by atomic mass is 10.1. The van der Waals surface area contributed by atoms with Gasteiger partial charge >= 0.3 is 0 Å². The van der Waals surface area contributed by atoms with Crippen LogP contribution in [-0.4, -0.2) is 98.9 Å². The van der Waals surface area contributed by atoms with E-state index in [4.69, 9.17) is 0 Å². The van der Waals surface area contributed by atoms with E-state index in [1.807, 2.05) is 12.1 Å². The van der Waals surface area contributed by atoms with Crippen molar-refractivity contribution in [3.05, 3.63) is 24.3 Å². The van der Waals surface area contributed by atoms with Gasteiger partial charge in [-0.1, -0.05) is 0 Å². The van der Waals surface area contributed by atoms with Crippen molar-refractivity contribution < 1.29 is 14.4 Å². The molecule has 0 bridgehead atoms. The van der Waals surface area contributed by atoms with Crippen LogP contribution in [0.15, 0.2) is 24.3 Å². The van der Waals surface area contributed by atoms with E-state index in [-0.39, 0.29) is 24.2 Å². The summed E-state index contributed by atoms with van der Waals surface area (Å²) in [5.74, 6) is -0.273. The number of piperazine rings is 2. The molecule has 1 aromatic rings. The number of rotatable bonds is 4. The van der Waals surface area contributed by atoms with Gasteiger partial charge in [-0.25, -0.2) is 0 Å². The molecule has 8 nitrogen and oxygen atoms in total. The minimum absolute atomic E-state index is 0.00206. The standard InChI is InChI=1S/C21H29N5O3/c1-22-6-10-24(11-7-22)18-2-4-19(5-3-18)26-15-17(14-20(26)28)21(29)25-12-8-23(16-27)9-13-25/h2-5,16-17H,6-15H2,1H3. The predicted octanol–water partition coefficient (Wildman–Crippen LogP) is 0.0919. The Hall–Kier alpha value is -2.61. The van der Waals surface area contributed by atoms with Gasteiger partial charge in [-0.05, 0) is 31.3 Å². The summed E-state index contributed by atoms with van der Waals surface area (Å²) in [6.45, 7) is 6.76. The fourth-order valence-corrected chi connectivity index (χ4v) is 4.34. The minimum Gasteiger partial charge on any atom is -0.369 e. The van der Waals surface area contributed by atoms with E-state index in [1.165, 1.54) is 5.69 Å². The van der Waals surface area contributed by atoms with Gasteiger partial charge in [0.1, 0.15) is 0 Å². The molecule has 1 atom stereocenters. The van der Waals surface area contributed by atoms with Gasteiger partial charge < -0.3 is 24.5 Å². The van der Waals surface area contributed by atoms with E-state index in [9.17, 15) is 14.4 Å². The highest BCUT2D eigenvalue weighted by molar-refractivity contribution is 6.00. The highest BCUT2D eigenvalue weighted by atomic mass is 16.2. The highest BCUT2D eigenvalue weighted by Gasteiger charge is 2.37. The summed E-state index contributed by atoms with van der Waals surface area (Å²) in [4.78, 5) is 46.1. The lowest BCUT2D eigenvalue weighted by Gasteiger charge is -2.34. The second kappa shape index (κ2) is 8.41. The zero-order chi connectivity index (χ0) is 20.4. The van der Waals surface area contributed by atoms with Crippen LogP contribution in [0.4, 0.5) is 11.4 Å². The lowest BCUT2D eigenvalue weighted by molar-refractivity contribution is -0.139. The van der Waals surface area contributed by atoms with E-state index in [1.54, 1.807) is 14.7 Å². The third-order valence-electron chi connectivity index (χ3n) is 6.28. The maximum atomic E-state index is 12.8. The first-order chi connectivity index (χ1) is 14.0. The summed E-state index contributed by atoms with van der Waals surface area (Å²) < 4.78 is 0. The SMILES string of the molecule is CN1CCN(c2ccc(N3CC(C(=O)N4CCN(C=O)CC4)CC3=O)cc2)CC1. The maximum absolute atomic E-state index is 12.8.